The zero-order valence-corrected chi connectivity index (χ0v) is 25.3. The number of fused-ring (bicyclic) bond motifs is 2. The number of carbonyl (C=O) groups excluding carboxylic acids is 4. The van der Waals surface area contributed by atoms with E-state index in [0.717, 1.165) is 21.8 Å². The number of aryl methyl sites for hydroxylation is 1. The lowest BCUT2D eigenvalue weighted by molar-refractivity contribution is -0.122. The maximum atomic E-state index is 14.0. The molecule has 0 aliphatic carbocycles. The van der Waals surface area contributed by atoms with Gasteiger partial charge in [-0.25, -0.2) is 9.69 Å². The van der Waals surface area contributed by atoms with Gasteiger partial charge >= 0.3 is 10.8 Å². The third-order valence-electron chi connectivity index (χ3n) is 7.47. The summed E-state index contributed by atoms with van der Waals surface area (Å²) in [6.07, 6.45) is 0. The highest BCUT2D eigenvalue weighted by molar-refractivity contribution is 8.00. The van der Waals surface area contributed by atoms with Crippen LogP contribution in [0.5, 0.6) is 5.75 Å². The number of aromatic nitrogens is 1. The van der Waals surface area contributed by atoms with Crippen LogP contribution in [0.4, 0.5) is 11.4 Å². The first-order chi connectivity index (χ1) is 21.2. The smallest absolute Gasteiger partial charge is 0.338 e. The molecule has 0 saturated carbocycles. The molecule has 12 heteroatoms. The number of benzene rings is 3. The summed E-state index contributed by atoms with van der Waals surface area (Å²) in [5.74, 6) is -2.63. The Hall–Kier alpha value is -4.68. The minimum absolute atomic E-state index is 0.227. The first kappa shape index (κ1) is 29.4. The van der Waals surface area contributed by atoms with Crippen LogP contribution >= 0.6 is 23.1 Å². The van der Waals surface area contributed by atoms with Crippen LogP contribution in [0.15, 0.2) is 82.6 Å². The average molecular weight is 630 g/mol. The molecule has 2 aliphatic heterocycles. The van der Waals surface area contributed by atoms with E-state index in [0.29, 0.717) is 38.2 Å². The third kappa shape index (κ3) is 5.53. The molecule has 1 saturated heterocycles. The van der Waals surface area contributed by atoms with Crippen molar-refractivity contribution in [3.63, 3.8) is 0 Å². The Bertz CT molecular complexity index is 1830. The van der Waals surface area contributed by atoms with Crippen LogP contribution in [0.2, 0.25) is 0 Å². The molecule has 1 aromatic heterocycles. The molecule has 0 radical (unpaired) electrons. The molecule has 4 aromatic rings. The zero-order valence-electron chi connectivity index (χ0n) is 23.7. The van der Waals surface area contributed by atoms with Gasteiger partial charge in [-0.05, 0) is 67.4 Å². The average Bonchev–Trinajstić information content (AvgIpc) is 3.51. The number of nitrogens with zero attached hydrogens (tertiary/aromatic N) is 1. The predicted molar refractivity (Wildman–Crippen MR) is 167 cm³/mol. The number of amides is 3. The molecule has 2 N–H and O–H groups in total. The van der Waals surface area contributed by atoms with Crippen molar-refractivity contribution in [2.45, 2.75) is 30.0 Å². The summed E-state index contributed by atoms with van der Waals surface area (Å²) in [7, 11) is 0. The third-order valence-corrected chi connectivity index (χ3v) is 9.87. The molecule has 224 valence electrons. The van der Waals surface area contributed by atoms with E-state index in [4.69, 9.17) is 9.47 Å². The monoisotopic (exact) mass is 629 g/mol. The van der Waals surface area contributed by atoms with Crippen molar-refractivity contribution >= 4 is 58.2 Å². The summed E-state index contributed by atoms with van der Waals surface area (Å²) >= 11 is 2.19. The molecule has 10 nitrogen and oxygen atoms in total. The molecule has 2 aliphatic rings. The molecule has 3 amide bonds. The van der Waals surface area contributed by atoms with Crippen LogP contribution < -0.4 is 19.8 Å². The van der Waals surface area contributed by atoms with Crippen LogP contribution in [0.1, 0.15) is 39.2 Å². The number of hydrogen-bond donors (Lipinski definition) is 2. The number of carbonyl (C=O) groups is 4. The number of thioether (sulfide) groups is 1. The van der Waals surface area contributed by atoms with Crippen molar-refractivity contribution in [2.75, 3.05) is 23.4 Å². The van der Waals surface area contributed by atoms with Crippen molar-refractivity contribution in [2.24, 2.45) is 5.92 Å². The molecule has 0 spiro atoms. The predicted octanol–water partition coefficient (Wildman–Crippen LogP) is 4.73. The molecule has 3 unspecified atom stereocenters. The van der Waals surface area contributed by atoms with Crippen LogP contribution in [0.3, 0.4) is 0 Å². The molecule has 0 bridgehead atoms. The van der Waals surface area contributed by atoms with Crippen molar-refractivity contribution in [3.05, 3.63) is 104 Å². The largest absolute Gasteiger partial charge is 0.484 e. The SMILES string of the molecule is CCOC(=O)c1ccc(N2C(=O)C3Sc4[nH]c(=O)sc4C(c4cccc(OCC(=O)Nc5ccccc5C)c4)C3C2=O)cc1. The number of para-hydroxylation sites is 1. The summed E-state index contributed by atoms with van der Waals surface area (Å²) in [6, 6.07) is 20.6. The number of esters is 1. The summed E-state index contributed by atoms with van der Waals surface area (Å²) in [5, 5.41) is 2.61. The van der Waals surface area contributed by atoms with Crippen molar-refractivity contribution < 1.29 is 28.7 Å². The topological polar surface area (TPSA) is 135 Å². The molecule has 3 atom stereocenters. The van der Waals surface area contributed by atoms with Gasteiger partial charge in [0.1, 0.15) is 11.0 Å². The maximum Gasteiger partial charge on any atom is 0.338 e. The van der Waals surface area contributed by atoms with Crippen LogP contribution in [-0.2, 0) is 19.1 Å². The van der Waals surface area contributed by atoms with Gasteiger partial charge in [-0.15, -0.1) is 0 Å². The van der Waals surface area contributed by atoms with E-state index in [-0.39, 0.29) is 24.0 Å². The van der Waals surface area contributed by atoms with E-state index >= 15 is 0 Å². The number of rotatable bonds is 8. The van der Waals surface area contributed by atoms with Crippen LogP contribution in [0.25, 0.3) is 0 Å². The molecule has 44 heavy (non-hydrogen) atoms. The van der Waals surface area contributed by atoms with E-state index in [1.165, 1.54) is 23.9 Å². The molecule has 3 heterocycles. The van der Waals surface area contributed by atoms with E-state index in [2.05, 4.69) is 10.3 Å². The lowest BCUT2D eigenvalue weighted by Crippen LogP contribution is -2.32. The number of ether oxygens (including phenoxy) is 2. The Morgan fingerprint density at radius 2 is 1.75 bits per heavy atom. The number of thiazole rings is 1. The van der Waals surface area contributed by atoms with Gasteiger partial charge in [0.15, 0.2) is 6.61 Å². The van der Waals surface area contributed by atoms with Gasteiger partial charge in [-0.3, -0.25) is 19.2 Å². The molecule has 6 rings (SSSR count). The highest BCUT2D eigenvalue weighted by Crippen LogP contribution is 2.53. The first-order valence-corrected chi connectivity index (χ1v) is 15.6. The van der Waals surface area contributed by atoms with Gasteiger partial charge < -0.3 is 19.8 Å². The summed E-state index contributed by atoms with van der Waals surface area (Å²) in [6.45, 7) is 3.60. The number of imide groups is 1. The fraction of sp³-hybridized carbons (Fsp3) is 0.219. The first-order valence-electron chi connectivity index (χ1n) is 13.9. The lowest BCUT2D eigenvalue weighted by atomic mass is 9.83. The fourth-order valence-electron chi connectivity index (χ4n) is 5.44. The van der Waals surface area contributed by atoms with Gasteiger partial charge in [0.2, 0.25) is 11.8 Å². The normalized spacial score (nSPS) is 18.9. The minimum Gasteiger partial charge on any atom is -0.484 e. The Morgan fingerprint density at radius 3 is 2.50 bits per heavy atom. The Balaban J connectivity index is 1.27. The lowest BCUT2D eigenvalue weighted by Gasteiger charge is -2.30. The minimum atomic E-state index is -0.796. The second kappa shape index (κ2) is 12.1. The second-order valence-electron chi connectivity index (χ2n) is 10.3. The van der Waals surface area contributed by atoms with Crippen molar-refractivity contribution in [3.8, 4) is 5.75 Å². The standard InChI is InChI=1S/C32H27N3O7S2/c1-3-41-31(39)18-11-13-20(14-12-18)35-29(37)25-24(26-28(34-32(40)44-26)43-27(25)30(35)38)19-8-6-9-21(15-19)42-16-23(36)33-22-10-5-4-7-17(22)2/h4-15,24-25,27H,3,16H2,1-2H3,(H,33,36)(H,34,40). The zero-order chi connectivity index (χ0) is 31.0. The summed E-state index contributed by atoms with van der Waals surface area (Å²) in [5.41, 5.74) is 2.95. The highest BCUT2D eigenvalue weighted by atomic mass is 32.2. The number of hydrogen-bond acceptors (Lipinski definition) is 9. The van der Waals surface area contributed by atoms with E-state index in [1.54, 1.807) is 37.3 Å². The molecular formula is C32H27N3O7S2. The van der Waals surface area contributed by atoms with E-state index in [1.807, 2.05) is 37.3 Å². The molecular weight excluding hydrogens is 603 g/mol. The van der Waals surface area contributed by atoms with Crippen molar-refractivity contribution in [1.82, 2.24) is 4.98 Å². The van der Waals surface area contributed by atoms with E-state index < -0.39 is 34.9 Å². The Labute approximate surface area is 260 Å². The summed E-state index contributed by atoms with van der Waals surface area (Å²) in [4.78, 5) is 69.2. The number of anilines is 2. The number of nitrogens with one attached hydrogen (secondary N) is 2. The Morgan fingerprint density at radius 1 is 0.977 bits per heavy atom. The van der Waals surface area contributed by atoms with Crippen LogP contribution in [-0.4, -0.2) is 47.1 Å². The van der Waals surface area contributed by atoms with Gasteiger partial charge in [0.25, 0.3) is 5.91 Å². The van der Waals surface area contributed by atoms with Gasteiger partial charge in [0.05, 0.1) is 28.8 Å². The maximum absolute atomic E-state index is 14.0. The fourth-order valence-corrected chi connectivity index (χ4v) is 7.95. The van der Waals surface area contributed by atoms with E-state index in [9.17, 15) is 24.0 Å². The number of aromatic amines is 1. The van der Waals surface area contributed by atoms with Gasteiger partial charge in [-0.1, -0.05) is 53.4 Å². The van der Waals surface area contributed by atoms with Crippen molar-refractivity contribution in [1.29, 1.82) is 0 Å². The quantitative estimate of drug-likeness (QED) is 0.211. The Kier molecular flexibility index (Phi) is 8.11. The molecule has 3 aromatic carbocycles. The number of H-pyrrole nitrogens is 1. The van der Waals surface area contributed by atoms with Gasteiger partial charge in [0, 0.05) is 16.5 Å². The van der Waals surface area contributed by atoms with Crippen LogP contribution in [0, 0.1) is 12.8 Å². The second-order valence-corrected chi connectivity index (χ2v) is 12.4. The summed E-state index contributed by atoms with van der Waals surface area (Å²) < 4.78 is 10.9. The highest BCUT2D eigenvalue weighted by Gasteiger charge is 2.56. The molecule has 1 fully saturated rings. The van der Waals surface area contributed by atoms with Gasteiger partial charge in [-0.2, -0.15) is 0 Å².